The molecule has 2 aliphatic heterocycles. The number of methoxy groups -OCH3 is 1. The third-order valence-electron chi connectivity index (χ3n) is 3.90. The number of aliphatic hydroxyl groups excluding tert-OH is 1. The molecule has 3 unspecified atom stereocenters. The Bertz CT molecular complexity index is 300. The summed E-state index contributed by atoms with van der Waals surface area (Å²) < 4.78 is 10.2. The zero-order valence-electron chi connectivity index (χ0n) is 11.5. The van der Waals surface area contributed by atoms with E-state index in [1.54, 1.807) is 7.11 Å². The van der Waals surface area contributed by atoms with Crippen molar-refractivity contribution in [3.8, 4) is 0 Å². The Kier molecular flexibility index (Phi) is 5.57. The highest BCUT2D eigenvalue weighted by molar-refractivity contribution is 5.82. The van der Waals surface area contributed by atoms with E-state index in [1.807, 2.05) is 0 Å². The van der Waals surface area contributed by atoms with Gasteiger partial charge in [-0.3, -0.25) is 9.69 Å². The molecule has 0 aromatic rings. The number of hydrogen-bond acceptors (Lipinski definition) is 5. The van der Waals surface area contributed by atoms with Crippen molar-refractivity contribution in [2.75, 3.05) is 46.6 Å². The van der Waals surface area contributed by atoms with Gasteiger partial charge in [0, 0.05) is 26.2 Å². The summed E-state index contributed by atoms with van der Waals surface area (Å²) in [5, 5.41) is 12.9. The predicted octanol–water partition coefficient (Wildman–Crippen LogP) is -0.779. The monoisotopic (exact) mass is 272 g/mol. The van der Waals surface area contributed by atoms with Crippen molar-refractivity contribution in [2.45, 2.75) is 25.0 Å². The first kappa shape index (κ1) is 14.7. The molecular formula is C13H24N2O4. The van der Waals surface area contributed by atoms with Crippen LogP contribution in [0, 0.1) is 5.92 Å². The molecule has 0 spiro atoms. The van der Waals surface area contributed by atoms with Crippen molar-refractivity contribution in [3.05, 3.63) is 0 Å². The van der Waals surface area contributed by atoms with Gasteiger partial charge in [-0.15, -0.1) is 0 Å². The van der Waals surface area contributed by atoms with Crippen LogP contribution in [0.4, 0.5) is 0 Å². The zero-order valence-corrected chi connectivity index (χ0v) is 11.5. The molecule has 2 aliphatic rings. The van der Waals surface area contributed by atoms with Crippen LogP contribution in [0.2, 0.25) is 0 Å². The molecule has 0 aromatic carbocycles. The van der Waals surface area contributed by atoms with Gasteiger partial charge in [0.05, 0.1) is 31.8 Å². The van der Waals surface area contributed by atoms with Crippen LogP contribution >= 0.6 is 0 Å². The minimum Gasteiger partial charge on any atom is -0.389 e. The van der Waals surface area contributed by atoms with Crippen molar-refractivity contribution < 1.29 is 19.4 Å². The van der Waals surface area contributed by atoms with Gasteiger partial charge in [0.15, 0.2) is 0 Å². The summed E-state index contributed by atoms with van der Waals surface area (Å²) in [6, 6.07) is 0.245. The lowest BCUT2D eigenvalue weighted by Crippen LogP contribution is -2.49. The fraction of sp³-hybridized carbons (Fsp3) is 0.923. The highest BCUT2D eigenvalue weighted by Gasteiger charge is 2.40. The molecule has 0 aromatic heterocycles. The van der Waals surface area contributed by atoms with Crippen LogP contribution in [0.1, 0.15) is 12.8 Å². The van der Waals surface area contributed by atoms with Crippen molar-refractivity contribution >= 4 is 5.91 Å². The lowest BCUT2D eigenvalue weighted by atomic mass is 9.91. The van der Waals surface area contributed by atoms with Gasteiger partial charge in [0.2, 0.25) is 5.91 Å². The van der Waals surface area contributed by atoms with E-state index < -0.39 is 6.10 Å². The number of aliphatic hydroxyl groups is 1. The Morgan fingerprint density at radius 3 is 3.16 bits per heavy atom. The fourth-order valence-electron chi connectivity index (χ4n) is 2.95. The number of likely N-dealkylation sites (tertiary alicyclic amines) is 1. The zero-order chi connectivity index (χ0) is 13.7. The smallest absolute Gasteiger partial charge is 0.224 e. The molecule has 3 atom stereocenters. The molecule has 6 nitrogen and oxygen atoms in total. The van der Waals surface area contributed by atoms with Crippen LogP contribution in [-0.2, 0) is 14.3 Å². The molecule has 2 N–H and O–H groups in total. The molecule has 2 rings (SSSR count). The molecule has 2 saturated heterocycles. The second-order valence-electron chi connectivity index (χ2n) is 5.28. The van der Waals surface area contributed by atoms with E-state index in [1.165, 1.54) is 0 Å². The number of β-amino-alcohol motifs (C(OH)–C–C–N with tert-alkyl or cyclic N) is 1. The maximum absolute atomic E-state index is 11.6. The lowest BCUT2D eigenvalue weighted by Gasteiger charge is -2.36. The molecule has 0 radical (unpaired) electrons. The number of hydrogen-bond donors (Lipinski definition) is 2. The molecule has 1 amide bonds. The van der Waals surface area contributed by atoms with Gasteiger partial charge in [-0.2, -0.15) is 0 Å². The van der Waals surface area contributed by atoms with Gasteiger partial charge in [-0.25, -0.2) is 0 Å². The Morgan fingerprint density at radius 1 is 1.53 bits per heavy atom. The quantitative estimate of drug-likeness (QED) is 0.595. The summed E-state index contributed by atoms with van der Waals surface area (Å²) in [5.74, 6) is 0.274. The number of amides is 1. The van der Waals surface area contributed by atoms with Crippen molar-refractivity contribution in [2.24, 2.45) is 5.92 Å². The summed E-state index contributed by atoms with van der Waals surface area (Å²) in [6.45, 7) is 3.59. The Morgan fingerprint density at radius 2 is 2.37 bits per heavy atom. The first-order valence-corrected chi connectivity index (χ1v) is 6.99. The predicted molar refractivity (Wildman–Crippen MR) is 69.8 cm³/mol. The maximum atomic E-state index is 11.6. The number of fused-ring (bicyclic) bond motifs is 1. The van der Waals surface area contributed by atoms with Crippen LogP contribution in [-0.4, -0.2) is 74.6 Å². The minimum absolute atomic E-state index is 0.107. The minimum atomic E-state index is -0.508. The molecular weight excluding hydrogens is 248 g/mol. The molecule has 0 saturated carbocycles. The molecule has 2 heterocycles. The molecule has 19 heavy (non-hydrogen) atoms. The molecule has 110 valence electrons. The number of piperidine rings is 1. The lowest BCUT2D eigenvalue weighted by molar-refractivity contribution is -0.124. The number of rotatable bonds is 7. The fourth-order valence-corrected chi connectivity index (χ4v) is 2.95. The van der Waals surface area contributed by atoms with Crippen LogP contribution in [0.15, 0.2) is 0 Å². The molecule has 0 bridgehead atoms. The Balaban J connectivity index is 1.73. The summed E-state index contributed by atoms with van der Waals surface area (Å²) in [6.07, 6.45) is 1.48. The third kappa shape index (κ3) is 3.89. The largest absolute Gasteiger partial charge is 0.389 e. The number of carbonyl (C=O) groups is 1. The number of ether oxygens (including phenoxy) is 2. The average Bonchev–Trinajstić information content (AvgIpc) is 2.78. The summed E-state index contributed by atoms with van der Waals surface area (Å²) in [4.78, 5) is 13.9. The van der Waals surface area contributed by atoms with E-state index in [-0.39, 0.29) is 17.9 Å². The van der Waals surface area contributed by atoms with E-state index in [0.29, 0.717) is 32.9 Å². The number of carbonyl (C=O) groups excluding carboxylic acids is 1. The van der Waals surface area contributed by atoms with Gasteiger partial charge < -0.3 is 19.9 Å². The van der Waals surface area contributed by atoms with E-state index in [2.05, 4.69) is 10.2 Å². The van der Waals surface area contributed by atoms with E-state index in [9.17, 15) is 9.90 Å². The van der Waals surface area contributed by atoms with E-state index in [4.69, 9.17) is 9.47 Å². The van der Waals surface area contributed by atoms with E-state index >= 15 is 0 Å². The van der Waals surface area contributed by atoms with Crippen LogP contribution in [0.25, 0.3) is 0 Å². The topological polar surface area (TPSA) is 71.0 Å². The SMILES string of the molecule is COCCOCC(O)CN1CCCC2C(=O)NCC21. The molecule has 2 fully saturated rings. The van der Waals surface area contributed by atoms with Crippen molar-refractivity contribution in [3.63, 3.8) is 0 Å². The molecule has 0 aliphatic carbocycles. The van der Waals surface area contributed by atoms with Crippen molar-refractivity contribution in [1.82, 2.24) is 10.2 Å². The number of nitrogens with zero attached hydrogens (tertiary/aromatic N) is 1. The second-order valence-corrected chi connectivity index (χ2v) is 5.28. The highest BCUT2D eigenvalue weighted by atomic mass is 16.5. The van der Waals surface area contributed by atoms with Gasteiger partial charge in [-0.05, 0) is 19.4 Å². The Hall–Kier alpha value is -0.690. The third-order valence-corrected chi connectivity index (χ3v) is 3.90. The first-order chi connectivity index (χ1) is 9.22. The summed E-state index contributed by atoms with van der Waals surface area (Å²) in [7, 11) is 1.62. The number of nitrogens with one attached hydrogen (secondary N) is 1. The summed E-state index contributed by atoms with van der Waals surface area (Å²) in [5.41, 5.74) is 0. The summed E-state index contributed by atoms with van der Waals surface area (Å²) >= 11 is 0. The normalized spacial score (nSPS) is 29.1. The first-order valence-electron chi connectivity index (χ1n) is 6.99. The van der Waals surface area contributed by atoms with Crippen molar-refractivity contribution in [1.29, 1.82) is 0 Å². The second kappa shape index (κ2) is 7.19. The van der Waals surface area contributed by atoms with Gasteiger partial charge in [0.1, 0.15) is 0 Å². The standard InChI is InChI=1S/C13H24N2O4/c1-18-5-6-19-9-10(16)8-15-4-2-3-11-12(15)7-14-13(11)17/h10-12,16H,2-9H2,1H3,(H,14,17). The highest BCUT2D eigenvalue weighted by Crippen LogP contribution is 2.27. The van der Waals surface area contributed by atoms with Gasteiger partial charge in [-0.1, -0.05) is 0 Å². The van der Waals surface area contributed by atoms with Gasteiger partial charge in [0.25, 0.3) is 0 Å². The average molecular weight is 272 g/mol. The Labute approximate surface area is 114 Å². The maximum Gasteiger partial charge on any atom is 0.224 e. The van der Waals surface area contributed by atoms with E-state index in [0.717, 1.165) is 19.4 Å². The molecule has 6 heteroatoms. The van der Waals surface area contributed by atoms with Gasteiger partial charge >= 0.3 is 0 Å². The van der Waals surface area contributed by atoms with Crippen LogP contribution in [0.5, 0.6) is 0 Å². The van der Waals surface area contributed by atoms with Crippen LogP contribution < -0.4 is 5.32 Å². The van der Waals surface area contributed by atoms with Crippen LogP contribution in [0.3, 0.4) is 0 Å².